The largest absolute Gasteiger partial charge is 0.485 e. The van der Waals surface area contributed by atoms with E-state index in [1.54, 1.807) is 0 Å². The van der Waals surface area contributed by atoms with E-state index in [2.05, 4.69) is 12.0 Å². The Bertz CT molecular complexity index is 611. The van der Waals surface area contributed by atoms with Crippen molar-refractivity contribution in [3.05, 3.63) is 46.7 Å². The first-order valence-corrected chi connectivity index (χ1v) is 7.29. The van der Waals surface area contributed by atoms with E-state index in [-0.39, 0.29) is 12.1 Å². The van der Waals surface area contributed by atoms with E-state index < -0.39 is 0 Å². The lowest BCUT2D eigenvalue weighted by atomic mass is 9.95. The zero-order chi connectivity index (χ0) is 14.1. The van der Waals surface area contributed by atoms with Gasteiger partial charge in [-0.15, -0.1) is 0 Å². The molecule has 0 bridgehead atoms. The molecule has 20 heavy (non-hydrogen) atoms. The second kappa shape index (κ2) is 5.46. The van der Waals surface area contributed by atoms with Gasteiger partial charge < -0.3 is 10.5 Å². The zero-order valence-electron chi connectivity index (χ0n) is 11.4. The van der Waals surface area contributed by atoms with Gasteiger partial charge in [0.25, 0.3) is 0 Å². The average Bonchev–Trinajstić information content (AvgIpc) is 2.88. The van der Waals surface area contributed by atoms with E-state index in [1.165, 1.54) is 0 Å². The minimum absolute atomic E-state index is 0.0377. The van der Waals surface area contributed by atoms with E-state index in [0.29, 0.717) is 5.02 Å². The molecule has 1 aliphatic heterocycles. The Morgan fingerprint density at radius 2 is 2.35 bits per heavy atom. The van der Waals surface area contributed by atoms with Gasteiger partial charge in [-0.3, -0.25) is 4.68 Å². The molecule has 0 fully saturated rings. The van der Waals surface area contributed by atoms with Gasteiger partial charge in [0.1, 0.15) is 11.9 Å². The maximum Gasteiger partial charge on any atom is 0.129 e. The van der Waals surface area contributed by atoms with Crippen LogP contribution in [0.25, 0.3) is 0 Å². The summed E-state index contributed by atoms with van der Waals surface area (Å²) in [5, 5.41) is 5.04. The summed E-state index contributed by atoms with van der Waals surface area (Å²) in [7, 11) is 0. The number of aryl methyl sites for hydroxylation is 1. The third-order valence-electron chi connectivity index (χ3n) is 3.59. The zero-order valence-corrected chi connectivity index (χ0v) is 12.2. The summed E-state index contributed by atoms with van der Waals surface area (Å²) >= 11 is 6.01. The molecule has 0 radical (unpaired) electrons. The van der Waals surface area contributed by atoms with Crippen LogP contribution in [0.5, 0.6) is 5.75 Å². The first-order valence-electron chi connectivity index (χ1n) is 6.91. The van der Waals surface area contributed by atoms with Gasteiger partial charge in [0.2, 0.25) is 0 Å². The maximum absolute atomic E-state index is 6.24. The SMILES string of the molecule is CCCn1cc(C2C[C@H](N)c3cc(Cl)ccc3O2)cn1. The van der Waals surface area contributed by atoms with Crippen molar-refractivity contribution in [1.29, 1.82) is 0 Å². The molecule has 3 rings (SSSR count). The minimum atomic E-state index is -0.0584. The molecule has 1 aromatic heterocycles. The molecule has 2 heterocycles. The molecule has 0 spiro atoms. The van der Waals surface area contributed by atoms with Crippen LogP contribution >= 0.6 is 11.6 Å². The number of rotatable bonds is 3. The Kier molecular flexibility index (Phi) is 3.68. The second-order valence-corrected chi connectivity index (χ2v) is 5.60. The fourth-order valence-electron chi connectivity index (χ4n) is 2.58. The van der Waals surface area contributed by atoms with Crippen LogP contribution in [-0.2, 0) is 6.54 Å². The van der Waals surface area contributed by atoms with Crippen LogP contribution < -0.4 is 10.5 Å². The summed E-state index contributed by atoms with van der Waals surface area (Å²) in [6.07, 6.45) is 5.68. The van der Waals surface area contributed by atoms with Crippen LogP contribution in [-0.4, -0.2) is 9.78 Å². The number of hydrogen-bond donors (Lipinski definition) is 1. The number of halogens is 1. The fourth-order valence-corrected chi connectivity index (χ4v) is 2.76. The third-order valence-corrected chi connectivity index (χ3v) is 3.82. The van der Waals surface area contributed by atoms with E-state index in [9.17, 15) is 0 Å². The van der Waals surface area contributed by atoms with Gasteiger partial charge in [-0.05, 0) is 24.6 Å². The van der Waals surface area contributed by atoms with Gasteiger partial charge in [-0.1, -0.05) is 18.5 Å². The number of aromatic nitrogens is 2. The molecule has 106 valence electrons. The molecule has 2 atom stereocenters. The highest BCUT2D eigenvalue weighted by Crippen LogP contribution is 2.40. The highest BCUT2D eigenvalue weighted by molar-refractivity contribution is 6.30. The number of nitrogens with two attached hydrogens (primary N) is 1. The second-order valence-electron chi connectivity index (χ2n) is 5.17. The molecule has 0 amide bonds. The van der Waals surface area contributed by atoms with Gasteiger partial charge in [0, 0.05) is 41.4 Å². The number of ether oxygens (including phenoxy) is 1. The van der Waals surface area contributed by atoms with Crippen molar-refractivity contribution >= 4 is 11.6 Å². The standard InChI is InChI=1S/C15H18ClN3O/c1-2-5-19-9-10(8-18-19)15-7-13(17)12-6-11(16)3-4-14(12)20-15/h3-4,6,8-9,13,15H,2,5,7,17H2,1H3/t13-,15?/m0/s1. The molecule has 0 saturated carbocycles. The number of nitrogens with zero attached hydrogens (tertiary/aromatic N) is 2. The maximum atomic E-state index is 6.24. The van der Waals surface area contributed by atoms with Gasteiger partial charge in [-0.2, -0.15) is 5.10 Å². The number of benzene rings is 1. The lowest BCUT2D eigenvalue weighted by Gasteiger charge is -2.29. The molecular weight excluding hydrogens is 274 g/mol. The van der Waals surface area contributed by atoms with Crippen molar-refractivity contribution in [3.63, 3.8) is 0 Å². The number of fused-ring (bicyclic) bond motifs is 1. The summed E-state index contributed by atoms with van der Waals surface area (Å²) in [6, 6.07) is 5.55. The van der Waals surface area contributed by atoms with Crippen LogP contribution in [0.15, 0.2) is 30.6 Å². The normalized spacial score (nSPS) is 21.4. The molecule has 5 heteroatoms. The average molecular weight is 292 g/mol. The van der Waals surface area contributed by atoms with Crippen LogP contribution in [0, 0.1) is 0 Å². The Hall–Kier alpha value is -1.52. The Labute approximate surface area is 123 Å². The van der Waals surface area contributed by atoms with Gasteiger partial charge >= 0.3 is 0 Å². The molecule has 0 saturated heterocycles. The predicted molar refractivity (Wildman–Crippen MR) is 78.9 cm³/mol. The van der Waals surface area contributed by atoms with Crippen LogP contribution in [0.2, 0.25) is 5.02 Å². The quantitative estimate of drug-likeness (QED) is 0.942. The minimum Gasteiger partial charge on any atom is -0.485 e. The lowest BCUT2D eigenvalue weighted by molar-refractivity contribution is 0.161. The highest BCUT2D eigenvalue weighted by atomic mass is 35.5. The van der Waals surface area contributed by atoms with E-state index in [1.807, 2.05) is 35.3 Å². The fraction of sp³-hybridized carbons (Fsp3) is 0.400. The van der Waals surface area contributed by atoms with Gasteiger partial charge in [-0.25, -0.2) is 0 Å². The van der Waals surface area contributed by atoms with Gasteiger partial charge in [0.15, 0.2) is 0 Å². The van der Waals surface area contributed by atoms with Crippen molar-refractivity contribution in [2.75, 3.05) is 0 Å². The molecule has 4 nitrogen and oxygen atoms in total. The van der Waals surface area contributed by atoms with Crippen LogP contribution in [0.1, 0.15) is 43.0 Å². The van der Waals surface area contributed by atoms with Crippen molar-refractivity contribution in [2.24, 2.45) is 5.73 Å². The van der Waals surface area contributed by atoms with Crippen LogP contribution in [0.3, 0.4) is 0 Å². The molecule has 1 aliphatic rings. The third kappa shape index (κ3) is 2.53. The van der Waals surface area contributed by atoms with Crippen molar-refractivity contribution in [3.8, 4) is 5.75 Å². The molecule has 1 aromatic carbocycles. The molecule has 0 aliphatic carbocycles. The summed E-state index contributed by atoms with van der Waals surface area (Å²) < 4.78 is 7.99. The number of hydrogen-bond acceptors (Lipinski definition) is 3. The lowest BCUT2D eigenvalue weighted by Crippen LogP contribution is -2.23. The monoisotopic (exact) mass is 291 g/mol. The van der Waals surface area contributed by atoms with Crippen molar-refractivity contribution in [2.45, 2.75) is 38.5 Å². The summed E-state index contributed by atoms with van der Waals surface area (Å²) in [5.74, 6) is 0.821. The summed E-state index contributed by atoms with van der Waals surface area (Å²) in [6.45, 7) is 3.05. The summed E-state index contributed by atoms with van der Waals surface area (Å²) in [5.41, 5.74) is 8.30. The van der Waals surface area contributed by atoms with E-state index in [0.717, 1.165) is 36.3 Å². The van der Waals surface area contributed by atoms with E-state index >= 15 is 0 Å². The summed E-state index contributed by atoms with van der Waals surface area (Å²) in [4.78, 5) is 0. The molecule has 2 N–H and O–H groups in total. The first kappa shape index (κ1) is 13.5. The molecule has 1 unspecified atom stereocenters. The predicted octanol–water partition coefficient (Wildman–Crippen LogP) is 3.47. The topological polar surface area (TPSA) is 53.1 Å². The highest BCUT2D eigenvalue weighted by Gasteiger charge is 2.28. The van der Waals surface area contributed by atoms with Crippen molar-refractivity contribution < 1.29 is 4.74 Å². The Balaban J connectivity index is 1.85. The van der Waals surface area contributed by atoms with Crippen molar-refractivity contribution in [1.82, 2.24) is 9.78 Å². The molecular formula is C15H18ClN3O. The smallest absolute Gasteiger partial charge is 0.129 e. The van der Waals surface area contributed by atoms with E-state index in [4.69, 9.17) is 22.1 Å². The Morgan fingerprint density at radius 1 is 1.50 bits per heavy atom. The van der Waals surface area contributed by atoms with Crippen LogP contribution in [0.4, 0.5) is 0 Å². The Morgan fingerprint density at radius 3 is 3.15 bits per heavy atom. The van der Waals surface area contributed by atoms with Gasteiger partial charge in [0.05, 0.1) is 6.20 Å². The molecule has 2 aromatic rings. The first-order chi connectivity index (χ1) is 9.67.